The number of rotatable bonds is 5. The number of carbonyl (C=O) groups excluding carboxylic acids is 2. The van der Waals surface area contributed by atoms with Gasteiger partial charge in [0.25, 0.3) is 11.8 Å². The minimum absolute atomic E-state index is 0.0156. The second-order valence-corrected chi connectivity index (χ2v) is 7.97. The van der Waals surface area contributed by atoms with Crippen molar-refractivity contribution >= 4 is 46.3 Å². The van der Waals surface area contributed by atoms with Crippen LogP contribution in [-0.2, 0) is 16.1 Å². The Morgan fingerprint density at radius 3 is 2.35 bits per heavy atom. The van der Waals surface area contributed by atoms with Crippen molar-refractivity contribution in [1.82, 2.24) is 4.90 Å². The average Bonchev–Trinajstić information content (AvgIpc) is 2.97. The Bertz CT molecular complexity index is 1220. The van der Waals surface area contributed by atoms with Gasteiger partial charge < -0.3 is 5.32 Å². The minimum Gasteiger partial charge on any atom is -0.350 e. The molecule has 0 saturated heterocycles. The fourth-order valence-corrected chi connectivity index (χ4v) is 3.75. The summed E-state index contributed by atoms with van der Waals surface area (Å²) in [6.07, 6.45) is 0. The Balaban J connectivity index is 1.78. The number of anilines is 1. The maximum absolute atomic E-state index is 13.5. The van der Waals surface area contributed by atoms with Crippen molar-refractivity contribution in [3.8, 4) is 0 Å². The quantitative estimate of drug-likeness (QED) is 0.493. The number of hydrogen-bond acceptors (Lipinski definition) is 3. The van der Waals surface area contributed by atoms with Crippen LogP contribution < -0.4 is 5.32 Å². The lowest BCUT2D eigenvalue weighted by Gasteiger charge is -2.16. The normalized spacial score (nSPS) is 13.9. The van der Waals surface area contributed by atoms with E-state index in [-0.39, 0.29) is 17.8 Å². The summed E-state index contributed by atoms with van der Waals surface area (Å²) >= 11 is 12.4. The van der Waals surface area contributed by atoms with E-state index in [9.17, 15) is 14.0 Å². The molecule has 31 heavy (non-hydrogen) atoms. The van der Waals surface area contributed by atoms with Crippen LogP contribution in [0.2, 0.25) is 10.0 Å². The van der Waals surface area contributed by atoms with E-state index < -0.39 is 17.6 Å². The first-order chi connectivity index (χ1) is 14.8. The maximum Gasteiger partial charge on any atom is 0.278 e. The number of nitrogens with one attached hydrogen (secondary N) is 1. The average molecular weight is 455 g/mol. The first-order valence-electron chi connectivity index (χ1n) is 9.48. The fourth-order valence-electron chi connectivity index (χ4n) is 3.38. The van der Waals surface area contributed by atoms with Crippen LogP contribution >= 0.6 is 23.2 Å². The van der Waals surface area contributed by atoms with Crippen LogP contribution in [0, 0.1) is 12.7 Å². The Morgan fingerprint density at radius 1 is 0.935 bits per heavy atom. The Morgan fingerprint density at radius 2 is 1.65 bits per heavy atom. The van der Waals surface area contributed by atoms with Crippen molar-refractivity contribution in [2.45, 2.75) is 13.5 Å². The highest BCUT2D eigenvalue weighted by atomic mass is 35.5. The van der Waals surface area contributed by atoms with Gasteiger partial charge in [0.2, 0.25) is 0 Å². The number of carbonyl (C=O) groups is 2. The Labute approximate surface area is 188 Å². The predicted octanol–water partition coefficient (Wildman–Crippen LogP) is 5.83. The molecule has 0 saturated carbocycles. The molecule has 1 heterocycles. The fraction of sp³-hybridized carbons (Fsp3) is 0.0833. The second kappa shape index (κ2) is 8.53. The molecule has 1 N–H and O–H groups in total. The van der Waals surface area contributed by atoms with Crippen LogP contribution in [0.25, 0.3) is 5.57 Å². The predicted molar refractivity (Wildman–Crippen MR) is 120 cm³/mol. The molecule has 156 valence electrons. The SMILES string of the molecule is Cc1ccc(Cl)cc1NC1=C(c2ccc(F)cc2)C(=O)N(Cc2ccccc2Cl)C1=O. The molecule has 3 aromatic carbocycles. The van der Waals surface area contributed by atoms with Crippen LogP contribution in [0.1, 0.15) is 16.7 Å². The molecule has 0 bridgehead atoms. The van der Waals surface area contributed by atoms with Crippen LogP contribution in [0.5, 0.6) is 0 Å². The van der Waals surface area contributed by atoms with Gasteiger partial charge in [0, 0.05) is 15.7 Å². The van der Waals surface area contributed by atoms with Gasteiger partial charge in [-0.1, -0.05) is 59.6 Å². The number of benzene rings is 3. The Kier molecular flexibility index (Phi) is 5.81. The summed E-state index contributed by atoms with van der Waals surface area (Å²) in [4.78, 5) is 27.8. The minimum atomic E-state index is -0.497. The third-order valence-electron chi connectivity index (χ3n) is 5.05. The van der Waals surface area contributed by atoms with E-state index in [2.05, 4.69) is 5.32 Å². The molecule has 0 fully saturated rings. The van der Waals surface area contributed by atoms with Crippen LogP contribution in [0.15, 0.2) is 72.4 Å². The summed E-state index contributed by atoms with van der Waals surface area (Å²) in [5.74, 6) is -1.42. The largest absolute Gasteiger partial charge is 0.350 e. The summed E-state index contributed by atoms with van der Waals surface area (Å²) in [5, 5.41) is 4.02. The van der Waals surface area contributed by atoms with Crippen molar-refractivity contribution in [2.24, 2.45) is 0 Å². The first-order valence-corrected chi connectivity index (χ1v) is 10.2. The molecule has 4 rings (SSSR count). The molecule has 0 aliphatic carbocycles. The maximum atomic E-state index is 13.5. The second-order valence-electron chi connectivity index (χ2n) is 7.13. The number of imide groups is 1. The highest BCUT2D eigenvalue weighted by molar-refractivity contribution is 6.37. The van der Waals surface area contributed by atoms with E-state index >= 15 is 0 Å². The zero-order valence-corrected chi connectivity index (χ0v) is 18.0. The van der Waals surface area contributed by atoms with E-state index in [0.717, 1.165) is 10.5 Å². The van der Waals surface area contributed by atoms with Crippen molar-refractivity contribution < 1.29 is 14.0 Å². The van der Waals surface area contributed by atoms with Gasteiger partial charge in [-0.3, -0.25) is 14.5 Å². The van der Waals surface area contributed by atoms with Crippen LogP contribution in [0.3, 0.4) is 0 Å². The van der Waals surface area contributed by atoms with Crippen molar-refractivity contribution in [3.63, 3.8) is 0 Å². The van der Waals surface area contributed by atoms with Crippen molar-refractivity contribution in [1.29, 1.82) is 0 Å². The van der Waals surface area contributed by atoms with E-state index in [1.165, 1.54) is 24.3 Å². The van der Waals surface area contributed by atoms with Crippen LogP contribution in [0.4, 0.5) is 10.1 Å². The number of nitrogens with zero attached hydrogens (tertiary/aromatic N) is 1. The zero-order chi connectivity index (χ0) is 22.1. The molecule has 0 aromatic heterocycles. The third kappa shape index (κ3) is 4.20. The van der Waals surface area contributed by atoms with Gasteiger partial charge in [0.05, 0.1) is 12.1 Å². The molecule has 0 spiro atoms. The van der Waals surface area contributed by atoms with Gasteiger partial charge in [-0.05, 0) is 53.9 Å². The molecule has 1 aliphatic heterocycles. The van der Waals surface area contributed by atoms with Crippen LogP contribution in [-0.4, -0.2) is 16.7 Å². The van der Waals surface area contributed by atoms with Gasteiger partial charge >= 0.3 is 0 Å². The molecule has 1 aliphatic rings. The summed E-state index contributed by atoms with van der Waals surface area (Å²) in [5.41, 5.74) is 2.79. The molecule has 4 nitrogen and oxygen atoms in total. The summed E-state index contributed by atoms with van der Waals surface area (Å²) in [7, 11) is 0. The molecule has 3 aromatic rings. The summed E-state index contributed by atoms with van der Waals surface area (Å²) in [6.45, 7) is 1.88. The molecular weight excluding hydrogens is 438 g/mol. The lowest BCUT2D eigenvalue weighted by atomic mass is 10.0. The number of hydrogen-bond donors (Lipinski definition) is 1. The standard InChI is InChI=1S/C24H17Cl2FN2O2/c1-14-6-9-17(25)12-20(14)28-22-21(15-7-10-18(27)11-8-15)23(30)29(24(22)31)13-16-4-2-3-5-19(16)26/h2-12,28H,13H2,1H3. The van der Waals surface area contributed by atoms with Gasteiger partial charge in [0.1, 0.15) is 11.5 Å². The monoisotopic (exact) mass is 454 g/mol. The molecule has 0 radical (unpaired) electrons. The zero-order valence-electron chi connectivity index (χ0n) is 16.5. The lowest BCUT2D eigenvalue weighted by molar-refractivity contribution is -0.137. The van der Waals surface area contributed by atoms with E-state index in [1.54, 1.807) is 36.4 Å². The number of aryl methyl sites for hydroxylation is 1. The Hall–Kier alpha value is -3.15. The summed E-state index contributed by atoms with van der Waals surface area (Å²) < 4.78 is 13.5. The lowest BCUT2D eigenvalue weighted by Crippen LogP contribution is -2.32. The molecule has 0 atom stereocenters. The van der Waals surface area contributed by atoms with E-state index in [0.29, 0.717) is 26.9 Å². The van der Waals surface area contributed by atoms with E-state index in [1.807, 2.05) is 13.0 Å². The molecule has 0 unspecified atom stereocenters. The first kappa shape index (κ1) is 21.1. The van der Waals surface area contributed by atoms with Gasteiger partial charge in [-0.2, -0.15) is 0 Å². The van der Waals surface area contributed by atoms with Gasteiger partial charge in [-0.25, -0.2) is 4.39 Å². The highest BCUT2D eigenvalue weighted by Gasteiger charge is 2.39. The number of halogens is 3. The highest BCUT2D eigenvalue weighted by Crippen LogP contribution is 2.33. The van der Waals surface area contributed by atoms with Crippen molar-refractivity contribution in [3.05, 3.63) is 105 Å². The van der Waals surface area contributed by atoms with Crippen molar-refractivity contribution in [2.75, 3.05) is 5.32 Å². The third-order valence-corrected chi connectivity index (χ3v) is 5.65. The summed E-state index contributed by atoms with van der Waals surface area (Å²) in [6, 6.07) is 17.7. The molecule has 7 heteroatoms. The van der Waals surface area contributed by atoms with Gasteiger partial charge in [-0.15, -0.1) is 0 Å². The topological polar surface area (TPSA) is 49.4 Å². The van der Waals surface area contributed by atoms with Gasteiger partial charge in [0.15, 0.2) is 0 Å². The van der Waals surface area contributed by atoms with E-state index in [4.69, 9.17) is 23.2 Å². The smallest absolute Gasteiger partial charge is 0.278 e. The molecular formula is C24H17Cl2FN2O2. The number of amides is 2. The molecule has 2 amide bonds.